The van der Waals surface area contributed by atoms with Crippen LogP contribution in [0.4, 0.5) is 0 Å². The summed E-state index contributed by atoms with van der Waals surface area (Å²) in [7, 11) is 2.07. The Labute approximate surface area is 62.1 Å². The van der Waals surface area contributed by atoms with Crippen LogP contribution in [0.25, 0.3) is 0 Å². The van der Waals surface area contributed by atoms with Crippen molar-refractivity contribution in [3.63, 3.8) is 0 Å². The number of hydrogen-bond donors (Lipinski definition) is 0. The molecule has 1 rings (SSSR count). The number of aromatic nitrogens is 2. The predicted octanol–water partition coefficient (Wildman–Crippen LogP) is 1.03. The highest BCUT2D eigenvalue weighted by atomic mass is 15.4. The summed E-state index contributed by atoms with van der Waals surface area (Å²) < 4.78 is 4.39. The summed E-state index contributed by atoms with van der Waals surface area (Å²) in [5.41, 5.74) is 1.34. The van der Waals surface area contributed by atoms with Crippen LogP contribution in [0.2, 0.25) is 0 Å². The van der Waals surface area contributed by atoms with Gasteiger partial charge in [0.25, 0.3) is 0 Å². The molecule has 0 bridgehead atoms. The smallest absolute Gasteiger partial charge is 0.158 e. The molecule has 2 heteroatoms. The maximum atomic E-state index is 2.26. The van der Waals surface area contributed by atoms with Gasteiger partial charge >= 0.3 is 0 Å². The summed E-state index contributed by atoms with van der Waals surface area (Å²) in [6, 6.07) is 2.13. The van der Waals surface area contributed by atoms with Crippen LogP contribution in [-0.2, 0) is 13.6 Å². The fraction of sp³-hybridized carbons (Fsp3) is 0.625. The zero-order chi connectivity index (χ0) is 7.56. The van der Waals surface area contributed by atoms with E-state index in [9.17, 15) is 0 Å². The van der Waals surface area contributed by atoms with E-state index in [1.165, 1.54) is 12.1 Å². The minimum absolute atomic E-state index is 1.12. The molecular formula is C8H15N2+. The van der Waals surface area contributed by atoms with E-state index in [-0.39, 0.29) is 0 Å². The fourth-order valence-electron chi connectivity index (χ4n) is 1.18. The Balaban J connectivity index is 2.87. The highest BCUT2D eigenvalue weighted by Gasteiger charge is 2.04. The molecule has 1 heterocycles. The molecule has 0 radical (unpaired) electrons. The van der Waals surface area contributed by atoms with Crippen LogP contribution in [-0.4, -0.2) is 4.68 Å². The Bertz CT molecular complexity index is 194. The van der Waals surface area contributed by atoms with Crippen LogP contribution in [0.15, 0.2) is 12.3 Å². The summed E-state index contributed by atoms with van der Waals surface area (Å²) in [5.74, 6) is 0. The van der Waals surface area contributed by atoms with E-state index < -0.39 is 0 Å². The first-order valence-corrected chi connectivity index (χ1v) is 3.77. The van der Waals surface area contributed by atoms with E-state index in [0.717, 1.165) is 6.54 Å². The summed E-state index contributed by atoms with van der Waals surface area (Å²) in [6.07, 6.45) is 3.29. The molecule has 0 fully saturated rings. The molecule has 0 aromatic carbocycles. The fourth-order valence-corrected chi connectivity index (χ4v) is 1.18. The molecule has 2 nitrogen and oxygen atoms in total. The molecule has 0 atom stereocenters. The lowest BCUT2D eigenvalue weighted by Crippen LogP contribution is -2.38. The molecule has 0 aliphatic heterocycles. The maximum absolute atomic E-state index is 2.26. The SMILES string of the molecule is CCCn1c(C)cc[n+]1C. The Morgan fingerprint density at radius 3 is 2.70 bits per heavy atom. The molecule has 56 valence electrons. The van der Waals surface area contributed by atoms with Crippen molar-refractivity contribution in [2.75, 3.05) is 0 Å². The molecule has 0 saturated carbocycles. The van der Waals surface area contributed by atoms with Crippen molar-refractivity contribution in [1.82, 2.24) is 4.68 Å². The molecular weight excluding hydrogens is 124 g/mol. The molecule has 0 N–H and O–H groups in total. The summed E-state index contributed by atoms with van der Waals surface area (Å²) in [5, 5.41) is 0. The molecule has 0 saturated heterocycles. The van der Waals surface area contributed by atoms with Gasteiger partial charge in [-0.3, -0.25) is 0 Å². The molecule has 1 aromatic rings. The average Bonchev–Trinajstić information content (AvgIpc) is 2.20. The lowest BCUT2D eigenvalue weighted by Gasteiger charge is -1.98. The minimum Gasteiger partial charge on any atom is -0.158 e. The maximum Gasteiger partial charge on any atom is 0.195 e. The second-order valence-electron chi connectivity index (χ2n) is 2.65. The monoisotopic (exact) mass is 139 g/mol. The van der Waals surface area contributed by atoms with Crippen molar-refractivity contribution in [2.45, 2.75) is 26.8 Å². The van der Waals surface area contributed by atoms with Crippen LogP contribution in [0.3, 0.4) is 0 Å². The zero-order valence-electron chi connectivity index (χ0n) is 6.96. The van der Waals surface area contributed by atoms with Gasteiger partial charge in [-0.05, 0) is 13.3 Å². The van der Waals surface area contributed by atoms with Gasteiger partial charge in [0.15, 0.2) is 13.2 Å². The van der Waals surface area contributed by atoms with E-state index in [1.807, 2.05) is 0 Å². The van der Waals surface area contributed by atoms with E-state index in [0.29, 0.717) is 0 Å². The third kappa shape index (κ3) is 1.20. The molecule has 0 aliphatic rings. The number of aryl methyl sites for hydroxylation is 2. The van der Waals surface area contributed by atoms with Crippen molar-refractivity contribution < 1.29 is 4.68 Å². The predicted molar refractivity (Wildman–Crippen MR) is 40.6 cm³/mol. The highest BCUT2D eigenvalue weighted by molar-refractivity contribution is 4.92. The van der Waals surface area contributed by atoms with Crippen LogP contribution in [0.1, 0.15) is 19.0 Å². The number of rotatable bonds is 2. The Morgan fingerprint density at radius 1 is 1.60 bits per heavy atom. The van der Waals surface area contributed by atoms with Gasteiger partial charge in [0, 0.05) is 6.07 Å². The van der Waals surface area contributed by atoms with Gasteiger partial charge in [0.1, 0.15) is 0 Å². The molecule has 0 aliphatic carbocycles. The normalized spacial score (nSPS) is 10.3. The largest absolute Gasteiger partial charge is 0.195 e. The minimum atomic E-state index is 1.12. The summed E-state index contributed by atoms with van der Waals surface area (Å²) in [4.78, 5) is 0. The van der Waals surface area contributed by atoms with Crippen molar-refractivity contribution in [3.8, 4) is 0 Å². The molecule has 0 amide bonds. The first-order chi connectivity index (χ1) is 4.75. The summed E-state index contributed by atoms with van der Waals surface area (Å²) in [6.45, 7) is 5.45. The first kappa shape index (κ1) is 7.32. The van der Waals surface area contributed by atoms with Crippen molar-refractivity contribution in [2.24, 2.45) is 7.05 Å². The van der Waals surface area contributed by atoms with Crippen LogP contribution >= 0.6 is 0 Å². The quantitative estimate of drug-likeness (QED) is 0.541. The van der Waals surface area contributed by atoms with E-state index in [2.05, 4.69) is 42.5 Å². The van der Waals surface area contributed by atoms with E-state index in [4.69, 9.17) is 0 Å². The molecule has 1 aromatic heterocycles. The topological polar surface area (TPSA) is 8.81 Å². The Kier molecular flexibility index (Phi) is 2.10. The highest BCUT2D eigenvalue weighted by Crippen LogP contribution is 1.94. The van der Waals surface area contributed by atoms with Gasteiger partial charge in [0.2, 0.25) is 0 Å². The van der Waals surface area contributed by atoms with Crippen LogP contribution < -0.4 is 4.68 Å². The molecule has 10 heavy (non-hydrogen) atoms. The van der Waals surface area contributed by atoms with Crippen molar-refractivity contribution in [1.29, 1.82) is 0 Å². The second kappa shape index (κ2) is 2.86. The third-order valence-corrected chi connectivity index (χ3v) is 1.75. The standard InChI is InChI=1S/C8H15N2/c1-4-6-10-8(2)5-7-9(10)3/h5,7H,4,6H2,1-3H3/q+1. The zero-order valence-corrected chi connectivity index (χ0v) is 6.96. The van der Waals surface area contributed by atoms with Gasteiger partial charge in [-0.1, -0.05) is 6.92 Å². The second-order valence-corrected chi connectivity index (χ2v) is 2.65. The lowest BCUT2D eigenvalue weighted by molar-refractivity contribution is -0.754. The Hall–Kier alpha value is -0.790. The lowest BCUT2D eigenvalue weighted by atomic mass is 10.4. The Morgan fingerprint density at radius 2 is 2.30 bits per heavy atom. The van der Waals surface area contributed by atoms with Gasteiger partial charge in [-0.25, -0.2) is 0 Å². The molecule has 0 spiro atoms. The van der Waals surface area contributed by atoms with Gasteiger partial charge in [-0.15, -0.1) is 4.68 Å². The first-order valence-electron chi connectivity index (χ1n) is 3.77. The van der Waals surface area contributed by atoms with Gasteiger partial charge in [-0.2, -0.15) is 4.68 Å². The van der Waals surface area contributed by atoms with Crippen LogP contribution in [0.5, 0.6) is 0 Å². The summed E-state index contributed by atoms with van der Waals surface area (Å²) >= 11 is 0. The van der Waals surface area contributed by atoms with Crippen molar-refractivity contribution >= 4 is 0 Å². The number of nitrogens with zero attached hydrogens (tertiary/aromatic N) is 2. The number of hydrogen-bond acceptors (Lipinski definition) is 0. The van der Waals surface area contributed by atoms with Crippen LogP contribution in [0, 0.1) is 6.92 Å². The average molecular weight is 139 g/mol. The molecule has 0 unspecified atom stereocenters. The van der Waals surface area contributed by atoms with E-state index in [1.54, 1.807) is 0 Å². The van der Waals surface area contributed by atoms with Crippen molar-refractivity contribution in [3.05, 3.63) is 18.0 Å². The third-order valence-electron chi connectivity index (χ3n) is 1.75. The van der Waals surface area contributed by atoms with Gasteiger partial charge < -0.3 is 0 Å². The van der Waals surface area contributed by atoms with E-state index >= 15 is 0 Å². The van der Waals surface area contributed by atoms with Gasteiger partial charge in [0.05, 0.1) is 12.2 Å².